The van der Waals surface area contributed by atoms with Crippen LogP contribution in [0, 0.1) is 0 Å². The van der Waals surface area contributed by atoms with Crippen molar-refractivity contribution in [1.82, 2.24) is 9.88 Å². The van der Waals surface area contributed by atoms with E-state index in [1.807, 2.05) is 42.5 Å². The van der Waals surface area contributed by atoms with Gasteiger partial charge in [-0.3, -0.25) is 14.7 Å². The third-order valence-corrected chi connectivity index (χ3v) is 6.30. The van der Waals surface area contributed by atoms with E-state index in [-0.39, 0.29) is 5.91 Å². The highest BCUT2D eigenvalue weighted by atomic mass is 16.5. The lowest BCUT2D eigenvalue weighted by Crippen LogP contribution is -2.37. The molecule has 1 amide bonds. The smallest absolute Gasteiger partial charge is 0.256 e. The molecule has 0 atom stereocenters. The molecule has 0 spiro atoms. The molecule has 6 nitrogen and oxygen atoms in total. The molecule has 2 aliphatic heterocycles. The highest BCUT2D eigenvalue weighted by molar-refractivity contribution is 6.14. The fourth-order valence-electron chi connectivity index (χ4n) is 4.62. The van der Waals surface area contributed by atoms with Crippen LogP contribution in [-0.4, -0.2) is 55.2 Å². The lowest BCUT2D eigenvalue weighted by Gasteiger charge is -2.31. The first-order valence-corrected chi connectivity index (χ1v) is 11.1. The normalized spacial score (nSPS) is 16.9. The minimum absolute atomic E-state index is 0.0616. The third-order valence-electron chi connectivity index (χ3n) is 6.30. The summed E-state index contributed by atoms with van der Waals surface area (Å²) in [5, 5.41) is 4.15. The molecule has 2 aliphatic rings. The minimum atomic E-state index is -0.0616. The van der Waals surface area contributed by atoms with E-state index in [0.29, 0.717) is 13.2 Å². The van der Waals surface area contributed by atoms with Gasteiger partial charge in [-0.05, 0) is 24.7 Å². The zero-order chi connectivity index (χ0) is 21.2. The molecule has 0 saturated carbocycles. The van der Waals surface area contributed by atoms with Gasteiger partial charge in [0.1, 0.15) is 0 Å². The van der Waals surface area contributed by atoms with Gasteiger partial charge in [0.25, 0.3) is 5.91 Å². The molecule has 160 valence electrons. The molecule has 6 heteroatoms. The van der Waals surface area contributed by atoms with Crippen LogP contribution < -0.4 is 10.2 Å². The van der Waals surface area contributed by atoms with Crippen LogP contribution in [0.15, 0.2) is 48.5 Å². The van der Waals surface area contributed by atoms with Gasteiger partial charge in [-0.2, -0.15) is 0 Å². The van der Waals surface area contributed by atoms with Crippen LogP contribution in [0.25, 0.3) is 10.9 Å². The van der Waals surface area contributed by atoms with Crippen LogP contribution in [0.1, 0.15) is 28.5 Å². The number of amides is 1. The Morgan fingerprint density at radius 3 is 2.68 bits per heavy atom. The van der Waals surface area contributed by atoms with Crippen molar-refractivity contribution in [2.75, 3.05) is 49.6 Å². The van der Waals surface area contributed by atoms with E-state index in [0.717, 1.165) is 78.2 Å². The molecule has 0 radical (unpaired) electrons. The number of para-hydroxylation sites is 3. The maximum atomic E-state index is 13.7. The highest BCUT2D eigenvalue weighted by Crippen LogP contribution is 2.31. The average molecular weight is 417 g/mol. The van der Waals surface area contributed by atoms with Gasteiger partial charge in [-0.25, -0.2) is 0 Å². The topological polar surface area (TPSA) is 57.7 Å². The third kappa shape index (κ3) is 3.89. The number of ether oxygens (including phenoxy) is 1. The molecule has 1 aromatic heterocycles. The lowest BCUT2D eigenvalue weighted by molar-refractivity contribution is 0.102. The highest BCUT2D eigenvalue weighted by Gasteiger charge is 2.26. The van der Waals surface area contributed by atoms with Crippen molar-refractivity contribution in [3.63, 3.8) is 0 Å². The zero-order valence-corrected chi connectivity index (χ0v) is 17.9. The van der Waals surface area contributed by atoms with Gasteiger partial charge in [-0.1, -0.05) is 37.3 Å². The lowest BCUT2D eigenvalue weighted by atomic mass is 9.95. The first-order valence-electron chi connectivity index (χ1n) is 11.1. The van der Waals surface area contributed by atoms with E-state index in [9.17, 15) is 4.79 Å². The Morgan fingerprint density at radius 2 is 1.84 bits per heavy atom. The molecule has 1 fully saturated rings. The molecule has 2 aromatic carbocycles. The maximum absolute atomic E-state index is 13.7. The first kappa shape index (κ1) is 20.0. The molecule has 1 saturated heterocycles. The number of anilines is 2. The summed E-state index contributed by atoms with van der Waals surface area (Å²) < 4.78 is 5.50. The molecule has 1 N–H and O–H groups in total. The summed E-state index contributed by atoms with van der Waals surface area (Å²) in [6, 6.07) is 16.0. The predicted octanol–water partition coefficient (Wildman–Crippen LogP) is 3.70. The number of hydrogen-bond acceptors (Lipinski definition) is 5. The van der Waals surface area contributed by atoms with Crippen LogP contribution in [-0.2, 0) is 17.7 Å². The maximum Gasteiger partial charge on any atom is 0.256 e. The Hall–Kier alpha value is -2.96. The Morgan fingerprint density at radius 1 is 1.06 bits per heavy atom. The van der Waals surface area contributed by atoms with E-state index in [1.54, 1.807) is 0 Å². The van der Waals surface area contributed by atoms with E-state index >= 15 is 0 Å². The van der Waals surface area contributed by atoms with Crippen molar-refractivity contribution < 1.29 is 9.53 Å². The van der Waals surface area contributed by atoms with Crippen molar-refractivity contribution in [3.05, 3.63) is 65.4 Å². The summed E-state index contributed by atoms with van der Waals surface area (Å²) in [6.07, 6.45) is 0.874. The second-order valence-electron chi connectivity index (χ2n) is 8.12. The Labute approximate surface area is 182 Å². The van der Waals surface area contributed by atoms with E-state index < -0.39 is 0 Å². The fraction of sp³-hybridized carbons (Fsp3) is 0.360. The quantitative estimate of drug-likeness (QED) is 0.703. The van der Waals surface area contributed by atoms with Gasteiger partial charge in [0.2, 0.25) is 0 Å². The monoisotopic (exact) mass is 416 g/mol. The van der Waals surface area contributed by atoms with Crippen LogP contribution in [0.5, 0.6) is 0 Å². The Balaban J connectivity index is 1.55. The van der Waals surface area contributed by atoms with Crippen LogP contribution in [0.3, 0.4) is 0 Å². The van der Waals surface area contributed by atoms with Crippen molar-refractivity contribution >= 4 is 28.2 Å². The number of pyridine rings is 1. The number of morpholine rings is 1. The second-order valence-corrected chi connectivity index (χ2v) is 8.12. The molecule has 5 rings (SSSR count). The number of likely N-dealkylation sites (N-methyl/N-ethyl adjacent to an activating group) is 1. The SMILES string of the molecule is CCN1CCc2nc3ccccc3c(C(=O)Nc3ccccc3N3CCOCC3)c2C1. The van der Waals surface area contributed by atoms with Crippen LogP contribution in [0.2, 0.25) is 0 Å². The predicted molar refractivity (Wildman–Crippen MR) is 124 cm³/mol. The summed E-state index contributed by atoms with van der Waals surface area (Å²) in [7, 11) is 0. The van der Waals surface area contributed by atoms with Gasteiger partial charge < -0.3 is 15.0 Å². The second kappa shape index (κ2) is 8.65. The number of fused-ring (bicyclic) bond motifs is 2. The van der Waals surface area contributed by atoms with Gasteiger partial charge >= 0.3 is 0 Å². The van der Waals surface area contributed by atoms with Crippen molar-refractivity contribution in [2.45, 2.75) is 19.9 Å². The number of nitrogens with one attached hydrogen (secondary N) is 1. The van der Waals surface area contributed by atoms with Crippen LogP contribution in [0.4, 0.5) is 11.4 Å². The summed E-state index contributed by atoms with van der Waals surface area (Å²) in [5.41, 5.74) is 5.64. The van der Waals surface area contributed by atoms with Gasteiger partial charge in [0, 0.05) is 49.2 Å². The summed E-state index contributed by atoms with van der Waals surface area (Å²) in [4.78, 5) is 23.3. The molecule has 0 aliphatic carbocycles. The van der Waals surface area contributed by atoms with Gasteiger partial charge in [-0.15, -0.1) is 0 Å². The summed E-state index contributed by atoms with van der Waals surface area (Å²) >= 11 is 0. The molecular weight excluding hydrogens is 388 g/mol. The van der Waals surface area contributed by atoms with E-state index in [2.05, 4.69) is 28.1 Å². The number of carbonyl (C=O) groups is 1. The van der Waals surface area contributed by atoms with Gasteiger partial charge in [0.15, 0.2) is 0 Å². The Kier molecular flexibility index (Phi) is 5.57. The summed E-state index contributed by atoms with van der Waals surface area (Å²) in [6.45, 7) is 7.94. The number of carbonyl (C=O) groups excluding carboxylic acids is 1. The first-order chi connectivity index (χ1) is 15.2. The number of rotatable bonds is 4. The number of hydrogen-bond donors (Lipinski definition) is 1. The van der Waals surface area contributed by atoms with E-state index in [4.69, 9.17) is 9.72 Å². The molecule has 3 heterocycles. The minimum Gasteiger partial charge on any atom is -0.378 e. The molecule has 0 unspecified atom stereocenters. The standard InChI is InChI=1S/C25H28N4O2/c1-2-28-12-11-21-19(17-28)24(18-7-3-4-8-20(18)26-21)25(30)27-22-9-5-6-10-23(22)29-13-15-31-16-14-29/h3-10H,2,11-17H2,1H3,(H,27,30). The van der Waals surface area contributed by atoms with Gasteiger partial charge in [0.05, 0.1) is 35.7 Å². The molecular formula is C25H28N4O2. The fourth-order valence-corrected chi connectivity index (χ4v) is 4.62. The van der Waals surface area contributed by atoms with Crippen molar-refractivity contribution in [1.29, 1.82) is 0 Å². The Bertz CT molecular complexity index is 1110. The van der Waals surface area contributed by atoms with Crippen LogP contribution >= 0.6 is 0 Å². The number of benzene rings is 2. The molecule has 31 heavy (non-hydrogen) atoms. The van der Waals surface area contributed by atoms with Crippen molar-refractivity contribution in [3.8, 4) is 0 Å². The zero-order valence-electron chi connectivity index (χ0n) is 17.9. The van der Waals surface area contributed by atoms with E-state index in [1.165, 1.54) is 0 Å². The average Bonchev–Trinajstić information content (AvgIpc) is 2.83. The number of nitrogens with zero attached hydrogens (tertiary/aromatic N) is 3. The van der Waals surface area contributed by atoms with Crippen molar-refractivity contribution in [2.24, 2.45) is 0 Å². The number of aromatic nitrogens is 1. The molecule has 0 bridgehead atoms. The molecule has 3 aromatic rings. The largest absolute Gasteiger partial charge is 0.378 e. The summed E-state index contributed by atoms with van der Waals surface area (Å²) in [5.74, 6) is -0.0616.